The van der Waals surface area contributed by atoms with Gasteiger partial charge in [0.15, 0.2) is 11.0 Å². The average Bonchev–Trinajstić information content (AvgIpc) is 2.85. The molecule has 0 fully saturated rings. The number of nitrogens with zero attached hydrogens (tertiary/aromatic N) is 3. The number of hydrogen-bond donors (Lipinski definition) is 2. The minimum atomic E-state index is 0.0864. The molecule has 0 saturated carbocycles. The van der Waals surface area contributed by atoms with Gasteiger partial charge in [0.2, 0.25) is 0 Å². The predicted octanol–water partition coefficient (Wildman–Crippen LogP) is 2.73. The van der Waals surface area contributed by atoms with Gasteiger partial charge in [-0.3, -0.25) is 0 Å². The summed E-state index contributed by atoms with van der Waals surface area (Å²) in [4.78, 5) is 12.2. The van der Waals surface area contributed by atoms with Gasteiger partial charge in [0, 0.05) is 11.6 Å². The second kappa shape index (κ2) is 5.29. The SMILES string of the molecule is CCC(Nc1ncnc(Cl)c1N)c1nccs1. The van der Waals surface area contributed by atoms with Gasteiger partial charge >= 0.3 is 0 Å². The first-order valence-electron chi connectivity index (χ1n) is 5.14. The summed E-state index contributed by atoms with van der Waals surface area (Å²) in [6, 6.07) is 0.0864. The summed E-state index contributed by atoms with van der Waals surface area (Å²) in [5, 5.41) is 6.43. The zero-order valence-electron chi connectivity index (χ0n) is 9.22. The molecule has 0 aliphatic heterocycles. The summed E-state index contributed by atoms with van der Waals surface area (Å²) in [6.07, 6.45) is 4.05. The van der Waals surface area contributed by atoms with Crippen molar-refractivity contribution >= 4 is 34.4 Å². The van der Waals surface area contributed by atoms with Crippen molar-refractivity contribution in [2.24, 2.45) is 0 Å². The fourth-order valence-corrected chi connectivity index (χ4v) is 2.30. The number of thiazole rings is 1. The van der Waals surface area contributed by atoms with Crippen LogP contribution in [0.3, 0.4) is 0 Å². The molecular weight excluding hydrogens is 258 g/mol. The average molecular weight is 270 g/mol. The molecule has 2 aromatic rings. The highest BCUT2D eigenvalue weighted by Crippen LogP contribution is 2.28. The largest absolute Gasteiger partial charge is 0.393 e. The molecule has 0 aliphatic carbocycles. The zero-order valence-corrected chi connectivity index (χ0v) is 10.8. The molecule has 17 heavy (non-hydrogen) atoms. The number of nitrogen functional groups attached to an aromatic ring is 1. The molecule has 90 valence electrons. The van der Waals surface area contributed by atoms with Crippen LogP contribution in [0.25, 0.3) is 0 Å². The first kappa shape index (κ1) is 12.1. The fraction of sp³-hybridized carbons (Fsp3) is 0.300. The predicted molar refractivity (Wildman–Crippen MR) is 70.2 cm³/mol. The van der Waals surface area contributed by atoms with Gasteiger partial charge in [-0.1, -0.05) is 18.5 Å². The summed E-state index contributed by atoms with van der Waals surface area (Å²) < 4.78 is 0. The molecule has 7 heteroatoms. The summed E-state index contributed by atoms with van der Waals surface area (Å²) in [5.74, 6) is 0.548. The van der Waals surface area contributed by atoms with E-state index in [4.69, 9.17) is 17.3 Å². The maximum Gasteiger partial charge on any atom is 0.157 e. The zero-order chi connectivity index (χ0) is 12.3. The Morgan fingerprint density at radius 1 is 1.47 bits per heavy atom. The Bertz CT molecular complexity index is 487. The van der Waals surface area contributed by atoms with Crippen LogP contribution in [0, 0.1) is 0 Å². The third kappa shape index (κ3) is 2.65. The third-order valence-electron chi connectivity index (χ3n) is 2.30. The highest BCUT2D eigenvalue weighted by molar-refractivity contribution is 7.09. The molecule has 0 bridgehead atoms. The van der Waals surface area contributed by atoms with Crippen molar-refractivity contribution in [3.05, 3.63) is 28.1 Å². The van der Waals surface area contributed by atoms with E-state index in [9.17, 15) is 0 Å². The minimum Gasteiger partial charge on any atom is -0.393 e. The summed E-state index contributed by atoms with van der Waals surface area (Å²) >= 11 is 7.43. The van der Waals surface area contributed by atoms with E-state index in [0.29, 0.717) is 11.5 Å². The Morgan fingerprint density at radius 3 is 2.94 bits per heavy atom. The van der Waals surface area contributed by atoms with Crippen LogP contribution in [0.1, 0.15) is 24.4 Å². The van der Waals surface area contributed by atoms with Gasteiger partial charge in [0.25, 0.3) is 0 Å². The van der Waals surface area contributed by atoms with Crippen LogP contribution in [0.5, 0.6) is 0 Å². The normalized spacial score (nSPS) is 12.4. The second-order valence-electron chi connectivity index (χ2n) is 3.40. The van der Waals surface area contributed by atoms with Crippen LogP contribution >= 0.6 is 22.9 Å². The number of halogens is 1. The highest BCUT2D eigenvalue weighted by Gasteiger charge is 2.15. The number of aromatic nitrogens is 3. The van der Waals surface area contributed by atoms with E-state index in [1.807, 2.05) is 5.38 Å². The van der Waals surface area contributed by atoms with Crippen LogP contribution in [-0.4, -0.2) is 15.0 Å². The number of nitrogens with one attached hydrogen (secondary N) is 1. The first-order valence-corrected chi connectivity index (χ1v) is 6.40. The van der Waals surface area contributed by atoms with Crippen LogP contribution in [-0.2, 0) is 0 Å². The maximum absolute atomic E-state index is 5.84. The smallest absolute Gasteiger partial charge is 0.157 e. The molecule has 1 atom stereocenters. The van der Waals surface area contributed by atoms with E-state index >= 15 is 0 Å². The van der Waals surface area contributed by atoms with Crippen LogP contribution in [0.15, 0.2) is 17.9 Å². The van der Waals surface area contributed by atoms with Gasteiger partial charge in [-0.05, 0) is 6.42 Å². The van der Waals surface area contributed by atoms with Crippen LogP contribution in [0.2, 0.25) is 5.15 Å². The Balaban J connectivity index is 2.22. The van der Waals surface area contributed by atoms with Crippen molar-refractivity contribution in [2.75, 3.05) is 11.1 Å². The summed E-state index contributed by atoms with van der Waals surface area (Å²) in [6.45, 7) is 2.07. The van der Waals surface area contributed by atoms with Gasteiger partial charge in [-0.2, -0.15) is 0 Å². The van der Waals surface area contributed by atoms with E-state index in [-0.39, 0.29) is 11.2 Å². The highest BCUT2D eigenvalue weighted by atomic mass is 35.5. The lowest BCUT2D eigenvalue weighted by Crippen LogP contribution is -2.12. The summed E-state index contributed by atoms with van der Waals surface area (Å²) in [7, 11) is 0. The van der Waals surface area contributed by atoms with Crippen molar-refractivity contribution in [3.8, 4) is 0 Å². The monoisotopic (exact) mass is 269 g/mol. The van der Waals surface area contributed by atoms with Crippen LogP contribution < -0.4 is 11.1 Å². The molecule has 3 N–H and O–H groups in total. The Labute approximate surface area is 108 Å². The standard InChI is InChI=1S/C10H12ClN5S/c1-2-6(10-13-3-4-17-10)16-9-7(12)8(11)14-5-15-9/h3-6H,2,12H2,1H3,(H,14,15,16). The van der Waals surface area contributed by atoms with E-state index in [2.05, 4.69) is 27.2 Å². The van der Waals surface area contributed by atoms with E-state index < -0.39 is 0 Å². The molecular formula is C10H12ClN5S. The van der Waals surface area contributed by atoms with Crippen molar-refractivity contribution in [1.29, 1.82) is 0 Å². The number of anilines is 2. The van der Waals surface area contributed by atoms with Gasteiger partial charge in [-0.25, -0.2) is 15.0 Å². The first-order chi connectivity index (χ1) is 8.22. The van der Waals surface area contributed by atoms with Gasteiger partial charge in [0.05, 0.1) is 6.04 Å². The van der Waals surface area contributed by atoms with Crippen molar-refractivity contribution in [3.63, 3.8) is 0 Å². The number of nitrogens with two attached hydrogens (primary N) is 1. The Morgan fingerprint density at radius 2 is 2.29 bits per heavy atom. The lowest BCUT2D eigenvalue weighted by molar-refractivity contribution is 0.737. The quantitative estimate of drug-likeness (QED) is 0.835. The molecule has 0 spiro atoms. The van der Waals surface area contributed by atoms with Crippen molar-refractivity contribution in [1.82, 2.24) is 15.0 Å². The molecule has 0 aliphatic rings. The van der Waals surface area contributed by atoms with E-state index in [1.54, 1.807) is 17.5 Å². The molecule has 2 aromatic heterocycles. The Kier molecular flexibility index (Phi) is 3.75. The molecule has 0 radical (unpaired) electrons. The molecule has 0 amide bonds. The lowest BCUT2D eigenvalue weighted by atomic mass is 10.2. The molecule has 0 aromatic carbocycles. The fourth-order valence-electron chi connectivity index (χ4n) is 1.40. The van der Waals surface area contributed by atoms with Gasteiger partial charge < -0.3 is 11.1 Å². The molecule has 2 rings (SSSR count). The molecule has 2 heterocycles. The second-order valence-corrected chi connectivity index (χ2v) is 4.69. The number of hydrogen-bond acceptors (Lipinski definition) is 6. The van der Waals surface area contributed by atoms with Gasteiger partial charge in [-0.15, -0.1) is 11.3 Å². The molecule has 5 nitrogen and oxygen atoms in total. The maximum atomic E-state index is 5.84. The van der Waals surface area contributed by atoms with E-state index in [0.717, 1.165) is 11.4 Å². The lowest BCUT2D eigenvalue weighted by Gasteiger charge is -2.16. The third-order valence-corrected chi connectivity index (χ3v) is 3.49. The summed E-state index contributed by atoms with van der Waals surface area (Å²) in [5.41, 5.74) is 6.17. The molecule has 0 saturated heterocycles. The van der Waals surface area contributed by atoms with Crippen molar-refractivity contribution in [2.45, 2.75) is 19.4 Å². The topological polar surface area (TPSA) is 76.7 Å². The van der Waals surface area contributed by atoms with Crippen molar-refractivity contribution < 1.29 is 0 Å². The van der Waals surface area contributed by atoms with Crippen LogP contribution in [0.4, 0.5) is 11.5 Å². The molecule has 1 unspecified atom stereocenters. The minimum absolute atomic E-state index is 0.0864. The number of rotatable bonds is 4. The van der Waals surface area contributed by atoms with E-state index in [1.165, 1.54) is 6.33 Å². The Hall–Kier alpha value is -1.40. The van der Waals surface area contributed by atoms with Gasteiger partial charge in [0.1, 0.15) is 17.0 Å².